The maximum absolute atomic E-state index is 12.9. The van der Waals surface area contributed by atoms with Crippen LogP contribution in [0.25, 0.3) is 0 Å². The Labute approximate surface area is 224 Å². The molecule has 0 aliphatic heterocycles. The molecule has 218 valence electrons. The van der Waals surface area contributed by atoms with E-state index >= 15 is 0 Å². The SMILES string of the molecule is CC(C)(C)OC(=O)CCCC(N)N(CCCCN(CCCCN)C(=O)OC(C)(C)C)C(=O)OC(C)(C)C. The van der Waals surface area contributed by atoms with Crippen LogP contribution in [0.2, 0.25) is 0 Å². The van der Waals surface area contributed by atoms with E-state index in [1.54, 1.807) is 25.7 Å². The molecule has 1 atom stereocenters. The van der Waals surface area contributed by atoms with Crippen molar-refractivity contribution in [1.82, 2.24) is 9.80 Å². The summed E-state index contributed by atoms with van der Waals surface area (Å²) < 4.78 is 16.5. The number of rotatable bonds is 14. The normalized spacial score (nSPS) is 13.1. The van der Waals surface area contributed by atoms with Crippen LogP contribution in [0.1, 0.15) is 107 Å². The van der Waals surface area contributed by atoms with Crippen LogP contribution in [0.3, 0.4) is 0 Å². The number of esters is 1. The van der Waals surface area contributed by atoms with Crippen LogP contribution < -0.4 is 11.5 Å². The zero-order valence-electron chi connectivity index (χ0n) is 24.9. The molecule has 0 saturated carbocycles. The van der Waals surface area contributed by atoms with Gasteiger partial charge in [0.25, 0.3) is 0 Å². The Morgan fingerprint density at radius 2 is 1.14 bits per heavy atom. The summed E-state index contributed by atoms with van der Waals surface area (Å²) >= 11 is 0. The number of hydrogen-bond acceptors (Lipinski definition) is 8. The van der Waals surface area contributed by atoms with Gasteiger partial charge < -0.3 is 30.6 Å². The third-order valence-corrected chi connectivity index (χ3v) is 4.94. The highest BCUT2D eigenvalue weighted by molar-refractivity contribution is 5.70. The van der Waals surface area contributed by atoms with Gasteiger partial charge in [0.1, 0.15) is 16.8 Å². The molecule has 0 spiro atoms. The number of nitrogens with two attached hydrogens (primary N) is 2. The van der Waals surface area contributed by atoms with Crippen molar-refractivity contribution in [2.24, 2.45) is 11.5 Å². The molecule has 1 unspecified atom stereocenters. The van der Waals surface area contributed by atoms with Crippen molar-refractivity contribution in [3.63, 3.8) is 0 Å². The van der Waals surface area contributed by atoms with Crippen LogP contribution in [0, 0.1) is 0 Å². The zero-order chi connectivity index (χ0) is 28.9. The minimum atomic E-state index is -0.665. The molecule has 0 aliphatic carbocycles. The van der Waals surface area contributed by atoms with Gasteiger partial charge in [-0.15, -0.1) is 0 Å². The van der Waals surface area contributed by atoms with Crippen LogP contribution in [-0.2, 0) is 19.0 Å². The Morgan fingerprint density at radius 1 is 0.676 bits per heavy atom. The van der Waals surface area contributed by atoms with Crippen molar-refractivity contribution in [3.8, 4) is 0 Å². The van der Waals surface area contributed by atoms with Gasteiger partial charge in [-0.05, 0) is 107 Å². The van der Waals surface area contributed by atoms with Gasteiger partial charge in [-0.3, -0.25) is 9.69 Å². The summed E-state index contributed by atoms with van der Waals surface area (Å²) in [4.78, 5) is 40.8. The molecule has 0 aromatic carbocycles. The van der Waals surface area contributed by atoms with E-state index in [9.17, 15) is 14.4 Å². The fraction of sp³-hybridized carbons (Fsp3) is 0.889. The molecule has 2 amide bonds. The quantitative estimate of drug-likeness (QED) is 0.142. The first-order valence-corrected chi connectivity index (χ1v) is 13.5. The summed E-state index contributed by atoms with van der Waals surface area (Å²) in [5, 5.41) is 0. The molecule has 0 fully saturated rings. The molecule has 0 aromatic heterocycles. The fourth-order valence-electron chi connectivity index (χ4n) is 3.37. The Morgan fingerprint density at radius 3 is 1.62 bits per heavy atom. The van der Waals surface area contributed by atoms with Crippen molar-refractivity contribution in [2.45, 2.75) is 130 Å². The van der Waals surface area contributed by atoms with Crippen LogP contribution in [-0.4, -0.2) is 77.1 Å². The number of ether oxygens (including phenoxy) is 3. The lowest BCUT2D eigenvalue weighted by atomic mass is 10.1. The maximum atomic E-state index is 12.9. The van der Waals surface area contributed by atoms with Crippen molar-refractivity contribution < 1.29 is 28.6 Å². The predicted octanol–water partition coefficient (Wildman–Crippen LogP) is 4.78. The van der Waals surface area contributed by atoms with E-state index in [0.717, 1.165) is 12.8 Å². The standard InChI is InChI=1S/C27H54N4O6/c1-25(2,3)35-22(32)16-14-15-21(29)31(24(34)37-27(7,8)9)20-13-12-19-30(18-11-10-17-28)23(33)36-26(4,5)6/h21H,10-20,28-29H2,1-9H3. The third-order valence-electron chi connectivity index (χ3n) is 4.94. The van der Waals surface area contributed by atoms with Crippen LogP contribution in [0.5, 0.6) is 0 Å². The molecule has 10 heteroatoms. The summed E-state index contributed by atoms with van der Waals surface area (Å²) in [6.07, 6.45) is 2.58. The molecule has 0 bridgehead atoms. The number of nitrogens with zero attached hydrogens (tertiary/aromatic N) is 2. The van der Waals surface area contributed by atoms with Crippen LogP contribution in [0.15, 0.2) is 0 Å². The number of carbonyl (C=O) groups is 3. The summed E-state index contributed by atoms with van der Waals surface area (Å²) in [6.45, 7) is 18.4. The van der Waals surface area contributed by atoms with Crippen molar-refractivity contribution in [1.29, 1.82) is 0 Å². The minimum Gasteiger partial charge on any atom is -0.460 e. The zero-order valence-corrected chi connectivity index (χ0v) is 24.9. The van der Waals surface area contributed by atoms with E-state index < -0.39 is 29.1 Å². The fourth-order valence-corrected chi connectivity index (χ4v) is 3.37. The van der Waals surface area contributed by atoms with Crippen molar-refractivity contribution in [2.75, 3.05) is 26.2 Å². The van der Waals surface area contributed by atoms with Gasteiger partial charge in [0.05, 0.1) is 6.17 Å². The molecule has 0 saturated heterocycles. The average molecular weight is 531 g/mol. The molecular weight excluding hydrogens is 476 g/mol. The van der Waals surface area contributed by atoms with Gasteiger partial charge in [0, 0.05) is 26.1 Å². The number of hydrogen-bond donors (Lipinski definition) is 2. The number of amides is 2. The molecule has 37 heavy (non-hydrogen) atoms. The van der Waals surface area contributed by atoms with E-state index in [1.807, 2.05) is 41.5 Å². The molecule has 0 heterocycles. The lowest BCUT2D eigenvalue weighted by molar-refractivity contribution is -0.154. The molecule has 0 aromatic rings. The first kappa shape index (κ1) is 34.9. The molecule has 4 N–H and O–H groups in total. The largest absolute Gasteiger partial charge is 0.460 e. The van der Waals surface area contributed by atoms with Crippen molar-refractivity contribution >= 4 is 18.2 Å². The highest BCUT2D eigenvalue weighted by Gasteiger charge is 2.27. The average Bonchev–Trinajstić information content (AvgIpc) is 2.68. The summed E-state index contributed by atoms with van der Waals surface area (Å²) in [7, 11) is 0. The van der Waals surface area contributed by atoms with Crippen molar-refractivity contribution in [3.05, 3.63) is 0 Å². The first-order chi connectivity index (χ1) is 16.8. The molecule has 0 rings (SSSR count). The topological polar surface area (TPSA) is 137 Å². The predicted molar refractivity (Wildman–Crippen MR) is 146 cm³/mol. The second-order valence-corrected chi connectivity index (χ2v) is 12.4. The smallest absolute Gasteiger partial charge is 0.411 e. The molecular formula is C27H54N4O6. The van der Waals surface area contributed by atoms with E-state index in [0.29, 0.717) is 51.9 Å². The van der Waals surface area contributed by atoms with E-state index in [4.69, 9.17) is 25.7 Å². The second kappa shape index (κ2) is 16.0. The van der Waals surface area contributed by atoms with E-state index in [-0.39, 0.29) is 18.5 Å². The number of unbranched alkanes of at least 4 members (excludes halogenated alkanes) is 2. The van der Waals surface area contributed by atoms with Gasteiger partial charge in [-0.2, -0.15) is 0 Å². The monoisotopic (exact) mass is 530 g/mol. The molecule has 0 radical (unpaired) electrons. The second-order valence-electron chi connectivity index (χ2n) is 12.4. The summed E-state index contributed by atoms with van der Waals surface area (Å²) in [5.41, 5.74) is 10.2. The van der Waals surface area contributed by atoms with Gasteiger partial charge in [0.15, 0.2) is 0 Å². The highest BCUT2D eigenvalue weighted by atomic mass is 16.6. The van der Waals surface area contributed by atoms with Gasteiger partial charge >= 0.3 is 18.2 Å². The molecule has 10 nitrogen and oxygen atoms in total. The first-order valence-electron chi connectivity index (χ1n) is 13.5. The highest BCUT2D eigenvalue weighted by Crippen LogP contribution is 2.16. The Bertz CT molecular complexity index is 694. The minimum absolute atomic E-state index is 0.223. The maximum Gasteiger partial charge on any atom is 0.411 e. The van der Waals surface area contributed by atoms with Crippen LogP contribution in [0.4, 0.5) is 9.59 Å². The van der Waals surface area contributed by atoms with Gasteiger partial charge in [-0.25, -0.2) is 9.59 Å². The third kappa shape index (κ3) is 18.8. The van der Waals surface area contributed by atoms with Crippen LogP contribution >= 0.6 is 0 Å². The Balaban J connectivity index is 5.06. The van der Waals surface area contributed by atoms with Gasteiger partial charge in [0.2, 0.25) is 0 Å². The number of carbonyl (C=O) groups excluding carboxylic acids is 3. The lowest BCUT2D eigenvalue weighted by Gasteiger charge is -2.32. The van der Waals surface area contributed by atoms with E-state index in [2.05, 4.69) is 0 Å². The Hall–Kier alpha value is -2.07. The summed E-state index contributed by atoms with van der Waals surface area (Å²) in [5.74, 6) is -0.291. The van der Waals surface area contributed by atoms with Gasteiger partial charge in [-0.1, -0.05) is 0 Å². The summed E-state index contributed by atoms with van der Waals surface area (Å²) in [6, 6.07) is 0. The van der Waals surface area contributed by atoms with E-state index in [1.165, 1.54) is 4.90 Å². The Kier molecular flexibility index (Phi) is 15.1. The molecule has 0 aliphatic rings. The lowest BCUT2D eigenvalue weighted by Crippen LogP contribution is -2.48.